The first-order chi connectivity index (χ1) is 16.8. The molecule has 3 aromatic rings. The summed E-state index contributed by atoms with van der Waals surface area (Å²) >= 11 is 1.73. The number of ether oxygens (including phenoxy) is 1. The Hall–Kier alpha value is -2.80. The first-order valence-corrected chi connectivity index (χ1v) is 13.7. The molecule has 1 N–H and O–H groups in total. The summed E-state index contributed by atoms with van der Waals surface area (Å²) < 4.78 is 8.76. The third kappa shape index (κ3) is 4.24. The van der Waals surface area contributed by atoms with Crippen LogP contribution in [0.2, 0.25) is 0 Å². The van der Waals surface area contributed by atoms with Crippen LogP contribution in [0.25, 0.3) is 10.2 Å². The molecule has 3 heterocycles. The van der Waals surface area contributed by atoms with Crippen molar-refractivity contribution in [1.29, 1.82) is 0 Å². The number of aromatic nitrogens is 1. The lowest BCUT2D eigenvalue weighted by atomic mass is 9.86. The average Bonchev–Trinajstić information content (AvgIpc) is 3.40. The Morgan fingerprint density at radius 1 is 1.14 bits per heavy atom. The summed E-state index contributed by atoms with van der Waals surface area (Å²) in [6, 6.07) is 11.8. The van der Waals surface area contributed by atoms with Crippen molar-refractivity contribution in [3.8, 4) is 5.75 Å². The molecule has 1 aromatic carbocycles. The van der Waals surface area contributed by atoms with E-state index in [1.807, 2.05) is 44.2 Å². The maximum Gasteiger partial charge on any atom is 0.275 e. The van der Waals surface area contributed by atoms with E-state index in [9.17, 15) is 9.59 Å². The molecule has 0 saturated heterocycles. The Balaban J connectivity index is 1.55. The highest BCUT2D eigenvalue weighted by atomic mass is 32.1. The van der Waals surface area contributed by atoms with Crippen LogP contribution in [0, 0.1) is 5.92 Å². The smallest absolute Gasteiger partial charge is 0.275 e. The summed E-state index contributed by atoms with van der Waals surface area (Å²) in [5.74, 6) is 1.23. The predicted octanol–water partition coefficient (Wildman–Crippen LogP) is 5.78. The predicted molar refractivity (Wildman–Crippen MR) is 142 cm³/mol. The van der Waals surface area contributed by atoms with E-state index in [4.69, 9.17) is 4.74 Å². The van der Waals surface area contributed by atoms with Crippen molar-refractivity contribution in [3.63, 3.8) is 0 Å². The second-order valence-electron chi connectivity index (χ2n) is 10.2. The Labute approximate surface area is 211 Å². The zero-order valence-corrected chi connectivity index (χ0v) is 21.9. The minimum atomic E-state index is -1.06. The lowest BCUT2D eigenvalue weighted by Crippen LogP contribution is -2.65. The third-order valence-electron chi connectivity index (χ3n) is 7.62. The van der Waals surface area contributed by atoms with Gasteiger partial charge in [0.25, 0.3) is 5.91 Å². The van der Waals surface area contributed by atoms with Crippen LogP contribution < -0.4 is 15.0 Å². The van der Waals surface area contributed by atoms with Crippen molar-refractivity contribution in [3.05, 3.63) is 47.0 Å². The Morgan fingerprint density at radius 2 is 1.86 bits per heavy atom. The van der Waals surface area contributed by atoms with E-state index >= 15 is 0 Å². The quantitative estimate of drug-likeness (QED) is 0.474. The average molecular weight is 494 g/mol. The van der Waals surface area contributed by atoms with Crippen LogP contribution in [0.1, 0.15) is 68.7 Å². The molecular weight excluding hydrogens is 458 g/mol. The number of anilines is 1. The van der Waals surface area contributed by atoms with E-state index in [-0.39, 0.29) is 17.9 Å². The molecule has 2 aromatic heterocycles. The zero-order chi connectivity index (χ0) is 24.7. The van der Waals surface area contributed by atoms with E-state index in [1.54, 1.807) is 16.2 Å². The fraction of sp³-hybridized carbons (Fsp3) is 0.500. The van der Waals surface area contributed by atoms with Crippen molar-refractivity contribution < 1.29 is 14.3 Å². The van der Waals surface area contributed by atoms with Crippen LogP contribution in [-0.2, 0) is 17.8 Å². The second-order valence-corrected chi connectivity index (χ2v) is 11.4. The van der Waals surface area contributed by atoms with E-state index < -0.39 is 5.54 Å². The molecule has 1 fully saturated rings. The van der Waals surface area contributed by atoms with Crippen molar-refractivity contribution in [2.75, 3.05) is 11.5 Å². The van der Waals surface area contributed by atoms with E-state index in [0.717, 1.165) is 48.1 Å². The topological polar surface area (TPSA) is 63.6 Å². The van der Waals surface area contributed by atoms with Gasteiger partial charge in [0.15, 0.2) is 0 Å². The van der Waals surface area contributed by atoms with Crippen molar-refractivity contribution in [2.24, 2.45) is 5.92 Å². The number of fused-ring (bicyclic) bond motifs is 3. The van der Waals surface area contributed by atoms with Crippen molar-refractivity contribution in [1.82, 2.24) is 9.88 Å². The molecular formula is C28H35N3O3S. The number of hydrogen-bond acceptors (Lipinski definition) is 4. The van der Waals surface area contributed by atoms with Gasteiger partial charge in [0.05, 0.1) is 23.4 Å². The first-order valence-electron chi connectivity index (χ1n) is 12.8. The molecule has 0 radical (unpaired) electrons. The fourth-order valence-corrected chi connectivity index (χ4v) is 6.55. The maximum absolute atomic E-state index is 14.0. The van der Waals surface area contributed by atoms with Crippen molar-refractivity contribution >= 4 is 39.1 Å². The number of rotatable bonds is 6. The lowest BCUT2D eigenvalue weighted by Gasteiger charge is -2.45. The summed E-state index contributed by atoms with van der Waals surface area (Å²) in [5, 5.41) is 3.32. The van der Waals surface area contributed by atoms with Gasteiger partial charge in [0.2, 0.25) is 5.91 Å². The van der Waals surface area contributed by atoms with Gasteiger partial charge in [0, 0.05) is 16.6 Å². The fourth-order valence-electron chi connectivity index (χ4n) is 5.51. The SMILES string of the molecule is CCOc1ccc(N2C(=O)c3cc4sc(CC)cc4n3C[C@@]2(C)C(=O)NC2CCC(C)CC2)cc1. The summed E-state index contributed by atoms with van der Waals surface area (Å²) in [7, 11) is 0. The molecule has 1 aliphatic heterocycles. The summed E-state index contributed by atoms with van der Waals surface area (Å²) in [6.45, 7) is 9.26. The number of carbonyl (C=O) groups excluding carboxylic acids is 2. The van der Waals surface area contributed by atoms with Gasteiger partial charge in [-0.25, -0.2) is 0 Å². The highest BCUT2D eigenvalue weighted by Crippen LogP contribution is 2.39. The second kappa shape index (κ2) is 9.34. The minimum Gasteiger partial charge on any atom is -0.494 e. The van der Waals surface area contributed by atoms with E-state index in [1.165, 1.54) is 4.88 Å². The number of benzene rings is 1. The zero-order valence-electron chi connectivity index (χ0n) is 21.1. The van der Waals surface area contributed by atoms with Crippen LogP contribution in [0.5, 0.6) is 5.75 Å². The Morgan fingerprint density at radius 3 is 2.51 bits per heavy atom. The van der Waals surface area contributed by atoms with Crippen LogP contribution in [-0.4, -0.2) is 34.6 Å². The molecule has 1 aliphatic carbocycles. The summed E-state index contributed by atoms with van der Waals surface area (Å²) in [4.78, 5) is 30.9. The molecule has 35 heavy (non-hydrogen) atoms. The number of nitrogens with one attached hydrogen (secondary N) is 1. The highest BCUT2D eigenvalue weighted by molar-refractivity contribution is 7.19. The summed E-state index contributed by atoms with van der Waals surface area (Å²) in [5.41, 5.74) is 1.34. The van der Waals surface area contributed by atoms with Gasteiger partial charge in [-0.1, -0.05) is 13.8 Å². The number of aryl methyl sites for hydroxylation is 1. The summed E-state index contributed by atoms with van der Waals surface area (Å²) in [6.07, 6.45) is 5.19. The van der Waals surface area contributed by atoms with Gasteiger partial charge >= 0.3 is 0 Å². The molecule has 7 heteroatoms. The van der Waals surface area contributed by atoms with Gasteiger partial charge in [-0.2, -0.15) is 0 Å². The normalized spacial score (nSPS) is 24.5. The van der Waals surface area contributed by atoms with Crippen LogP contribution in [0.15, 0.2) is 36.4 Å². The lowest BCUT2D eigenvalue weighted by molar-refractivity contribution is -0.127. The molecule has 5 rings (SSSR count). The Bertz CT molecular complexity index is 1240. The van der Waals surface area contributed by atoms with Crippen LogP contribution in [0.3, 0.4) is 0 Å². The number of carbonyl (C=O) groups is 2. The van der Waals surface area contributed by atoms with Gasteiger partial charge in [0.1, 0.15) is 17.0 Å². The molecule has 6 nitrogen and oxygen atoms in total. The molecule has 1 saturated carbocycles. The monoisotopic (exact) mass is 493 g/mol. The number of thiophene rings is 1. The van der Waals surface area contributed by atoms with Crippen LogP contribution in [0.4, 0.5) is 5.69 Å². The molecule has 2 aliphatic rings. The van der Waals surface area contributed by atoms with E-state index in [2.05, 4.69) is 29.8 Å². The van der Waals surface area contributed by atoms with Gasteiger partial charge in [-0.05, 0) is 88.3 Å². The molecule has 186 valence electrons. The standard InChI is InChI=1S/C28H35N3O3S/c1-5-22-15-23-25(35-22)16-24-26(32)31(20-11-13-21(14-12-20)34-6-2)28(4,17-30(23)24)27(33)29-19-9-7-18(3)8-10-19/h11-16,18-19H,5-10,17H2,1-4H3,(H,29,33)/t18?,19?,28-/m0/s1. The first kappa shape index (κ1) is 23.9. The van der Waals surface area contributed by atoms with Gasteiger partial charge in [-0.15, -0.1) is 11.3 Å². The van der Waals surface area contributed by atoms with Crippen molar-refractivity contribution in [2.45, 2.75) is 77.9 Å². The molecule has 2 amide bonds. The highest BCUT2D eigenvalue weighted by Gasteiger charge is 2.49. The minimum absolute atomic E-state index is 0.0854. The van der Waals surface area contributed by atoms with E-state index in [0.29, 0.717) is 30.5 Å². The number of nitrogens with zero attached hydrogens (tertiary/aromatic N) is 2. The molecule has 0 bridgehead atoms. The van der Waals surface area contributed by atoms with Gasteiger partial charge < -0.3 is 14.6 Å². The molecule has 1 atom stereocenters. The van der Waals surface area contributed by atoms with Gasteiger partial charge in [-0.3, -0.25) is 14.5 Å². The molecule has 0 spiro atoms. The number of hydrogen-bond donors (Lipinski definition) is 1. The third-order valence-corrected chi connectivity index (χ3v) is 8.83. The number of amides is 2. The maximum atomic E-state index is 14.0. The van der Waals surface area contributed by atoms with Crippen LogP contribution >= 0.6 is 11.3 Å². The largest absolute Gasteiger partial charge is 0.494 e. The molecule has 0 unspecified atom stereocenters. The Kier molecular flexibility index (Phi) is 6.38.